The minimum Gasteiger partial charge on any atom is -0.295 e. The molecule has 0 heterocycles. The molecule has 1 heteroatoms. The Morgan fingerprint density at radius 1 is 1.60 bits per heavy atom. The van der Waals surface area contributed by atoms with E-state index < -0.39 is 0 Å². The van der Waals surface area contributed by atoms with Gasteiger partial charge in [-0.2, -0.15) is 0 Å². The fraction of sp³-hybridized carbons (Fsp3) is 0.643. The molecule has 0 aliphatic heterocycles. The molecule has 0 bridgehead atoms. The number of carbonyl (C=O) groups excluding carboxylic acids is 1. The maximum atomic E-state index is 11.0. The van der Waals surface area contributed by atoms with Gasteiger partial charge in [0.05, 0.1) is 0 Å². The first-order valence-electron chi connectivity index (χ1n) is 5.85. The molecule has 0 spiro atoms. The summed E-state index contributed by atoms with van der Waals surface area (Å²) in [5.41, 5.74) is 1.79. The molecular formula is C14H22O. The molecule has 1 nitrogen and oxygen atoms in total. The zero-order chi connectivity index (χ0) is 11.5. The average Bonchev–Trinajstić information content (AvgIpc) is 2.14. The van der Waals surface area contributed by atoms with E-state index >= 15 is 0 Å². The fourth-order valence-electron chi connectivity index (χ4n) is 2.39. The number of hydrogen-bond donors (Lipinski definition) is 0. The van der Waals surface area contributed by atoms with Crippen LogP contribution in [0.4, 0.5) is 0 Å². The quantitative estimate of drug-likeness (QED) is 0.505. The molecular weight excluding hydrogens is 184 g/mol. The summed E-state index contributed by atoms with van der Waals surface area (Å²) in [4.78, 5) is 11.0. The van der Waals surface area contributed by atoms with E-state index in [-0.39, 0.29) is 5.78 Å². The van der Waals surface area contributed by atoms with Crippen molar-refractivity contribution in [2.45, 2.75) is 47.0 Å². The molecule has 1 aliphatic carbocycles. The highest BCUT2D eigenvalue weighted by Crippen LogP contribution is 2.42. The highest BCUT2D eigenvalue weighted by molar-refractivity contribution is 5.87. The second-order valence-electron chi connectivity index (χ2n) is 5.11. The molecule has 0 aromatic heterocycles. The molecule has 1 aliphatic rings. The summed E-state index contributed by atoms with van der Waals surface area (Å²) in [6.45, 7) is 8.40. The molecule has 0 N–H and O–H groups in total. The van der Waals surface area contributed by atoms with Crippen LogP contribution in [-0.2, 0) is 4.79 Å². The Labute approximate surface area is 93.3 Å². The van der Waals surface area contributed by atoms with Crippen LogP contribution in [-0.4, -0.2) is 5.78 Å². The van der Waals surface area contributed by atoms with E-state index in [0.29, 0.717) is 11.3 Å². The van der Waals surface area contributed by atoms with Gasteiger partial charge in [0, 0.05) is 5.92 Å². The first-order chi connectivity index (χ1) is 6.97. The predicted molar refractivity (Wildman–Crippen MR) is 64.7 cm³/mol. The molecule has 0 saturated heterocycles. The van der Waals surface area contributed by atoms with Crippen molar-refractivity contribution in [1.29, 1.82) is 0 Å². The summed E-state index contributed by atoms with van der Waals surface area (Å²) < 4.78 is 0. The highest BCUT2D eigenvalue weighted by Gasteiger charge is 2.31. The minimum absolute atomic E-state index is 0.145. The lowest BCUT2D eigenvalue weighted by Crippen LogP contribution is -2.27. The number of carbonyl (C=O) groups is 1. The van der Waals surface area contributed by atoms with E-state index in [0.717, 1.165) is 6.42 Å². The van der Waals surface area contributed by atoms with Crippen molar-refractivity contribution in [2.24, 2.45) is 11.3 Å². The van der Waals surface area contributed by atoms with Crippen molar-refractivity contribution >= 4 is 5.78 Å². The average molecular weight is 206 g/mol. The van der Waals surface area contributed by atoms with E-state index in [1.165, 1.54) is 18.4 Å². The Balaban J connectivity index is 2.91. The van der Waals surface area contributed by atoms with Crippen molar-refractivity contribution in [3.05, 3.63) is 23.8 Å². The smallest absolute Gasteiger partial charge is 0.152 e. The second kappa shape index (κ2) is 4.78. The Morgan fingerprint density at radius 2 is 2.27 bits per heavy atom. The predicted octanol–water partition coefficient (Wildman–Crippen LogP) is 3.90. The molecule has 15 heavy (non-hydrogen) atoms. The molecule has 0 fully saturated rings. The van der Waals surface area contributed by atoms with Gasteiger partial charge in [-0.1, -0.05) is 38.5 Å². The Hall–Kier alpha value is -0.850. The monoisotopic (exact) mass is 206 g/mol. The minimum atomic E-state index is 0.145. The number of hydrogen-bond acceptors (Lipinski definition) is 1. The third-order valence-corrected chi connectivity index (χ3v) is 3.37. The zero-order valence-corrected chi connectivity index (χ0v) is 10.3. The maximum Gasteiger partial charge on any atom is 0.152 e. The molecule has 0 aromatic rings. The first kappa shape index (κ1) is 12.2. The van der Waals surface area contributed by atoms with Crippen LogP contribution >= 0.6 is 0 Å². The van der Waals surface area contributed by atoms with E-state index in [2.05, 4.69) is 32.9 Å². The summed E-state index contributed by atoms with van der Waals surface area (Å²) in [5.74, 6) is 0.590. The number of rotatable bonds is 3. The van der Waals surface area contributed by atoms with Crippen LogP contribution in [0.25, 0.3) is 0 Å². The van der Waals surface area contributed by atoms with Crippen LogP contribution in [0.2, 0.25) is 0 Å². The van der Waals surface area contributed by atoms with Gasteiger partial charge in [-0.15, -0.1) is 0 Å². The van der Waals surface area contributed by atoms with Crippen LogP contribution in [0.5, 0.6) is 0 Å². The van der Waals surface area contributed by atoms with Gasteiger partial charge in [-0.3, -0.25) is 4.79 Å². The zero-order valence-electron chi connectivity index (χ0n) is 10.3. The van der Waals surface area contributed by atoms with Gasteiger partial charge >= 0.3 is 0 Å². The van der Waals surface area contributed by atoms with Gasteiger partial charge in [0.25, 0.3) is 0 Å². The lowest BCUT2D eigenvalue weighted by atomic mass is 9.67. The van der Waals surface area contributed by atoms with Crippen LogP contribution in [0, 0.1) is 11.3 Å². The van der Waals surface area contributed by atoms with Gasteiger partial charge in [-0.05, 0) is 37.7 Å². The van der Waals surface area contributed by atoms with Gasteiger partial charge in [0.1, 0.15) is 0 Å². The molecule has 1 atom stereocenters. The Morgan fingerprint density at radius 3 is 2.80 bits per heavy atom. The molecule has 1 unspecified atom stereocenters. The van der Waals surface area contributed by atoms with Crippen molar-refractivity contribution in [1.82, 2.24) is 0 Å². The van der Waals surface area contributed by atoms with Crippen LogP contribution in [0.1, 0.15) is 47.0 Å². The van der Waals surface area contributed by atoms with E-state index in [1.54, 1.807) is 13.0 Å². The van der Waals surface area contributed by atoms with Crippen LogP contribution in [0.3, 0.4) is 0 Å². The lowest BCUT2D eigenvalue weighted by Gasteiger charge is -2.37. The van der Waals surface area contributed by atoms with Crippen LogP contribution in [0.15, 0.2) is 23.8 Å². The topological polar surface area (TPSA) is 17.1 Å². The third-order valence-electron chi connectivity index (χ3n) is 3.37. The van der Waals surface area contributed by atoms with E-state index in [4.69, 9.17) is 0 Å². The van der Waals surface area contributed by atoms with Gasteiger partial charge in [0.2, 0.25) is 0 Å². The lowest BCUT2D eigenvalue weighted by molar-refractivity contribution is -0.112. The van der Waals surface area contributed by atoms with Crippen molar-refractivity contribution in [3.8, 4) is 0 Å². The second-order valence-corrected chi connectivity index (χ2v) is 5.11. The Bertz CT molecular complexity index is 294. The van der Waals surface area contributed by atoms with E-state index in [9.17, 15) is 4.79 Å². The Kier molecular flexibility index (Phi) is 3.90. The normalized spacial score (nSPS) is 25.3. The summed E-state index contributed by atoms with van der Waals surface area (Å²) in [6.07, 6.45) is 9.65. The van der Waals surface area contributed by atoms with E-state index in [1.807, 2.05) is 0 Å². The van der Waals surface area contributed by atoms with Gasteiger partial charge < -0.3 is 0 Å². The summed E-state index contributed by atoms with van der Waals surface area (Å²) in [7, 11) is 0. The van der Waals surface area contributed by atoms with Crippen molar-refractivity contribution in [3.63, 3.8) is 0 Å². The maximum absolute atomic E-state index is 11.0. The van der Waals surface area contributed by atoms with Crippen molar-refractivity contribution < 1.29 is 4.79 Å². The summed E-state index contributed by atoms with van der Waals surface area (Å²) in [5, 5.41) is 0. The molecule has 0 aromatic carbocycles. The highest BCUT2D eigenvalue weighted by atomic mass is 16.1. The van der Waals surface area contributed by atoms with Crippen molar-refractivity contribution in [2.75, 3.05) is 0 Å². The standard InChI is InChI=1S/C14H22O/c1-5-12-7-6-10-14(3,4)13(12)9-8-11(2)15/h7-9,13H,5-6,10H2,1-4H3/b9-8+. The molecule has 1 rings (SSSR count). The van der Waals surface area contributed by atoms with Gasteiger partial charge in [0.15, 0.2) is 5.78 Å². The SMILES string of the molecule is CCC1=CCCC(C)(C)C1/C=C/C(C)=O. The fourth-order valence-corrected chi connectivity index (χ4v) is 2.39. The molecule has 0 radical (unpaired) electrons. The van der Waals surface area contributed by atoms with Gasteiger partial charge in [-0.25, -0.2) is 0 Å². The largest absolute Gasteiger partial charge is 0.295 e. The van der Waals surface area contributed by atoms with Crippen LogP contribution < -0.4 is 0 Å². The molecule has 84 valence electrons. The summed E-state index contributed by atoms with van der Waals surface area (Å²) >= 11 is 0. The third kappa shape index (κ3) is 3.05. The first-order valence-corrected chi connectivity index (χ1v) is 5.85. The number of ketones is 1. The molecule has 0 amide bonds. The summed E-state index contributed by atoms with van der Waals surface area (Å²) in [6, 6.07) is 0. The molecule has 0 saturated carbocycles. The number of allylic oxidation sites excluding steroid dienone is 4.